The van der Waals surface area contributed by atoms with Crippen molar-refractivity contribution >= 4 is 18.2 Å². The van der Waals surface area contributed by atoms with Crippen LogP contribution in [0.3, 0.4) is 0 Å². The molecule has 20 heavy (non-hydrogen) atoms. The molecule has 5 heteroatoms. The van der Waals surface area contributed by atoms with Crippen LogP contribution in [0.2, 0.25) is 0 Å². The van der Waals surface area contributed by atoms with Crippen LogP contribution in [0.15, 0.2) is 18.2 Å². The van der Waals surface area contributed by atoms with Crippen LogP contribution >= 0.6 is 12.4 Å². The van der Waals surface area contributed by atoms with Gasteiger partial charge < -0.3 is 15.6 Å². The Hall–Kier alpha value is -1.10. The summed E-state index contributed by atoms with van der Waals surface area (Å²) in [5.41, 5.74) is 7.00. The summed E-state index contributed by atoms with van der Waals surface area (Å²) in [6.07, 6.45) is 3.72. The van der Waals surface area contributed by atoms with E-state index >= 15 is 0 Å². The first-order valence-electron chi connectivity index (χ1n) is 6.82. The topological polar surface area (TPSA) is 72.5 Å². The maximum Gasteiger partial charge on any atom is 0.188 e. The van der Waals surface area contributed by atoms with Crippen molar-refractivity contribution in [3.63, 3.8) is 0 Å². The van der Waals surface area contributed by atoms with Crippen molar-refractivity contribution in [1.29, 1.82) is 0 Å². The smallest absolute Gasteiger partial charge is 0.188 e. The Kier molecular flexibility index (Phi) is 10.1. The van der Waals surface area contributed by atoms with E-state index in [0.717, 1.165) is 37.0 Å². The Bertz CT molecular complexity index is 410. The molecule has 0 saturated heterocycles. The van der Waals surface area contributed by atoms with Crippen LogP contribution in [0.25, 0.3) is 0 Å². The normalized spacial score (nSPS) is 9.95. The number of carbonyl (C=O) groups excluding carboxylic acids is 1. The molecule has 0 saturated carbocycles. The minimum absolute atomic E-state index is 0. The minimum Gasteiger partial charge on any atom is -0.493 e. The van der Waals surface area contributed by atoms with Gasteiger partial charge in [0.05, 0.1) is 6.61 Å². The van der Waals surface area contributed by atoms with Gasteiger partial charge >= 0.3 is 0 Å². The molecule has 3 N–H and O–H groups in total. The number of ketones is 1. The van der Waals surface area contributed by atoms with Gasteiger partial charge in [-0.3, -0.25) is 4.79 Å². The second kappa shape index (κ2) is 10.7. The second-order valence-electron chi connectivity index (χ2n) is 4.50. The standard InChI is InChI=1S/C15H23NO3.ClH/c1-2-5-13-10-12(14(18)11-17)6-7-15(13)19-9-4-3-8-16;/h6-7,10,17H,2-5,8-9,11,16H2,1H3;1H. The molecule has 0 aliphatic rings. The average Bonchev–Trinajstić information content (AvgIpc) is 2.44. The second-order valence-corrected chi connectivity index (χ2v) is 4.50. The predicted molar refractivity (Wildman–Crippen MR) is 82.9 cm³/mol. The number of ether oxygens (including phenoxy) is 1. The zero-order valence-corrected chi connectivity index (χ0v) is 12.7. The van der Waals surface area contributed by atoms with Gasteiger partial charge in [-0.05, 0) is 49.6 Å². The molecular weight excluding hydrogens is 278 g/mol. The van der Waals surface area contributed by atoms with Crippen LogP contribution in [0.4, 0.5) is 0 Å². The van der Waals surface area contributed by atoms with Gasteiger partial charge in [-0.25, -0.2) is 0 Å². The van der Waals surface area contributed by atoms with Crippen LogP contribution in [-0.4, -0.2) is 30.6 Å². The molecule has 114 valence electrons. The SMILES string of the molecule is CCCc1cc(C(=O)CO)ccc1OCCCCN.Cl. The molecule has 1 rings (SSSR count). The molecule has 0 spiro atoms. The number of aryl methyl sites for hydroxylation is 1. The lowest BCUT2D eigenvalue weighted by atomic mass is 10.0. The number of rotatable bonds is 9. The summed E-state index contributed by atoms with van der Waals surface area (Å²) < 4.78 is 5.73. The number of benzene rings is 1. The Balaban J connectivity index is 0.00000361. The molecule has 0 amide bonds. The van der Waals surface area contributed by atoms with Crippen molar-refractivity contribution in [1.82, 2.24) is 0 Å². The van der Waals surface area contributed by atoms with E-state index in [4.69, 9.17) is 15.6 Å². The fraction of sp³-hybridized carbons (Fsp3) is 0.533. The Morgan fingerprint density at radius 2 is 2.10 bits per heavy atom. The van der Waals surface area contributed by atoms with Crippen molar-refractivity contribution in [3.8, 4) is 5.75 Å². The number of hydrogen-bond donors (Lipinski definition) is 2. The van der Waals surface area contributed by atoms with Gasteiger partial charge in [-0.2, -0.15) is 0 Å². The molecule has 1 aromatic carbocycles. The molecule has 0 radical (unpaired) electrons. The van der Waals surface area contributed by atoms with Gasteiger partial charge in [0.15, 0.2) is 5.78 Å². The van der Waals surface area contributed by atoms with Gasteiger partial charge in [0, 0.05) is 5.56 Å². The van der Waals surface area contributed by atoms with E-state index in [1.54, 1.807) is 6.07 Å². The third-order valence-corrected chi connectivity index (χ3v) is 2.90. The first kappa shape index (κ1) is 18.9. The van der Waals surface area contributed by atoms with Gasteiger partial charge in [-0.15, -0.1) is 12.4 Å². The monoisotopic (exact) mass is 301 g/mol. The molecule has 1 aromatic rings. The third-order valence-electron chi connectivity index (χ3n) is 2.90. The largest absolute Gasteiger partial charge is 0.493 e. The minimum atomic E-state index is -0.456. The Morgan fingerprint density at radius 1 is 1.35 bits per heavy atom. The number of carbonyl (C=O) groups is 1. The van der Waals surface area contributed by atoms with Gasteiger partial charge in [0.1, 0.15) is 12.4 Å². The predicted octanol–water partition coefficient (Wildman–Crippen LogP) is 2.35. The number of nitrogens with two attached hydrogens (primary N) is 1. The van der Waals surface area contributed by atoms with E-state index in [9.17, 15) is 4.79 Å². The molecule has 0 heterocycles. The van der Waals surface area contributed by atoms with Crippen LogP contribution in [0.5, 0.6) is 5.75 Å². The highest BCUT2D eigenvalue weighted by atomic mass is 35.5. The Labute approximate surface area is 126 Å². The first-order valence-corrected chi connectivity index (χ1v) is 6.82. The Morgan fingerprint density at radius 3 is 2.70 bits per heavy atom. The number of unbranched alkanes of at least 4 members (excludes halogenated alkanes) is 1. The van der Waals surface area contributed by atoms with Crippen molar-refractivity contribution in [2.75, 3.05) is 19.8 Å². The van der Waals surface area contributed by atoms with E-state index in [1.165, 1.54) is 0 Å². The van der Waals surface area contributed by atoms with E-state index in [-0.39, 0.29) is 18.2 Å². The summed E-state index contributed by atoms with van der Waals surface area (Å²) in [6.45, 7) is 2.94. The fourth-order valence-electron chi connectivity index (χ4n) is 1.88. The molecule has 0 bridgehead atoms. The van der Waals surface area contributed by atoms with Crippen LogP contribution in [-0.2, 0) is 6.42 Å². The van der Waals surface area contributed by atoms with Crippen molar-refractivity contribution < 1.29 is 14.6 Å². The molecule has 0 atom stereocenters. The van der Waals surface area contributed by atoms with Crippen molar-refractivity contribution in [2.45, 2.75) is 32.6 Å². The first-order chi connectivity index (χ1) is 9.22. The summed E-state index contributed by atoms with van der Waals surface area (Å²) in [6, 6.07) is 5.34. The summed E-state index contributed by atoms with van der Waals surface area (Å²) >= 11 is 0. The summed E-state index contributed by atoms with van der Waals surface area (Å²) in [5, 5.41) is 8.89. The van der Waals surface area contributed by atoms with E-state index in [1.807, 2.05) is 12.1 Å². The average molecular weight is 302 g/mol. The molecular formula is C15H24ClNO3. The molecule has 0 aliphatic carbocycles. The van der Waals surface area contributed by atoms with Crippen molar-refractivity contribution in [3.05, 3.63) is 29.3 Å². The maximum absolute atomic E-state index is 11.5. The lowest BCUT2D eigenvalue weighted by Crippen LogP contribution is -2.07. The van der Waals surface area contributed by atoms with Crippen LogP contribution in [0, 0.1) is 0 Å². The van der Waals surface area contributed by atoms with E-state index in [0.29, 0.717) is 18.7 Å². The van der Waals surface area contributed by atoms with Crippen LogP contribution in [0.1, 0.15) is 42.1 Å². The molecule has 0 aromatic heterocycles. The van der Waals surface area contributed by atoms with E-state index < -0.39 is 6.61 Å². The van der Waals surface area contributed by atoms with Crippen LogP contribution < -0.4 is 10.5 Å². The zero-order chi connectivity index (χ0) is 14.1. The summed E-state index contributed by atoms with van der Waals surface area (Å²) in [5.74, 6) is 0.570. The lowest BCUT2D eigenvalue weighted by molar-refractivity contribution is 0.0903. The van der Waals surface area contributed by atoms with Gasteiger partial charge in [0.25, 0.3) is 0 Å². The molecule has 0 unspecified atom stereocenters. The highest BCUT2D eigenvalue weighted by molar-refractivity contribution is 5.97. The molecule has 0 aliphatic heterocycles. The van der Waals surface area contributed by atoms with E-state index in [2.05, 4.69) is 6.92 Å². The van der Waals surface area contributed by atoms with Gasteiger partial charge in [0.2, 0.25) is 0 Å². The number of Topliss-reactive ketones (excluding diaryl/α,β-unsaturated/α-hetero) is 1. The highest BCUT2D eigenvalue weighted by Crippen LogP contribution is 2.22. The highest BCUT2D eigenvalue weighted by Gasteiger charge is 2.09. The number of halogens is 1. The zero-order valence-electron chi connectivity index (χ0n) is 11.9. The summed E-state index contributed by atoms with van der Waals surface area (Å²) in [4.78, 5) is 11.5. The quantitative estimate of drug-likeness (QED) is 0.542. The summed E-state index contributed by atoms with van der Waals surface area (Å²) in [7, 11) is 0. The number of aliphatic hydroxyl groups excluding tert-OH is 1. The molecule has 0 fully saturated rings. The van der Waals surface area contributed by atoms with Crippen molar-refractivity contribution in [2.24, 2.45) is 5.73 Å². The third kappa shape index (κ3) is 5.90. The number of aliphatic hydroxyl groups is 1. The fourth-order valence-corrected chi connectivity index (χ4v) is 1.88. The lowest BCUT2D eigenvalue weighted by Gasteiger charge is -2.12. The van der Waals surface area contributed by atoms with Gasteiger partial charge in [-0.1, -0.05) is 13.3 Å². The number of hydrogen-bond acceptors (Lipinski definition) is 4. The molecule has 4 nitrogen and oxygen atoms in total. The maximum atomic E-state index is 11.5.